The van der Waals surface area contributed by atoms with Gasteiger partial charge in [0.1, 0.15) is 5.82 Å². The fourth-order valence-electron chi connectivity index (χ4n) is 4.33. The molecular weight excluding hydrogens is 380 g/mol. The van der Waals surface area contributed by atoms with Crippen LogP contribution < -0.4 is 4.90 Å². The van der Waals surface area contributed by atoms with E-state index in [1.807, 2.05) is 36.9 Å². The van der Waals surface area contributed by atoms with Crippen molar-refractivity contribution in [3.8, 4) is 0 Å². The van der Waals surface area contributed by atoms with Crippen molar-refractivity contribution in [1.29, 1.82) is 0 Å². The summed E-state index contributed by atoms with van der Waals surface area (Å²) in [4.78, 5) is 47.4. The highest BCUT2D eigenvalue weighted by Crippen LogP contribution is 2.22. The van der Waals surface area contributed by atoms with E-state index >= 15 is 0 Å². The summed E-state index contributed by atoms with van der Waals surface area (Å²) in [5.41, 5.74) is 0. The van der Waals surface area contributed by atoms with E-state index in [4.69, 9.17) is 0 Å². The Hall–Kier alpha value is -2.44. The smallest absolute Gasteiger partial charge is 0.289 e. The Morgan fingerprint density at radius 3 is 2.50 bits per heavy atom. The second kappa shape index (κ2) is 10.5. The van der Waals surface area contributed by atoms with E-state index in [9.17, 15) is 14.4 Å². The van der Waals surface area contributed by atoms with E-state index in [1.165, 1.54) is 0 Å². The molecule has 0 aromatic carbocycles. The number of piperidine rings is 1. The number of anilines is 1. The Morgan fingerprint density at radius 2 is 1.83 bits per heavy atom. The Balaban J connectivity index is 1.41. The van der Waals surface area contributed by atoms with Crippen LogP contribution in [-0.4, -0.2) is 71.6 Å². The Morgan fingerprint density at radius 1 is 1.07 bits per heavy atom. The van der Waals surface area contributed by atoms with Gasteiger partial charge >= 0.3 is 0 Å². The van der Waals surface area contributed by atoms with Crippen LogP contribution in [0.1, 0.15) is 46.0 Å². The third-order valence-corrected chi connectivity index (χ3v) is 6.01. The van der Waals surface area contributed by atoms with E-state index in [1.54, 1.807) is 11.1 Å². The molecule has 2 amide bonds. The molecule has 2 aliphatic rings. The number of piperazine rings is 1. The molecule has 0 radical (unpaired) electrons. The molecule has 2 saturated heterocycles. The fraction of sp³-hybridized carbons (Fsp3) is 0.652. The molecule has 1 aromatic heterocycles. The lowest BCUT2D eigenvalue weighted by Gasteiger charge is -2.36. The van der Waals surface area contributed by atoms with Crippen LogP contribution in [-0.2, 0) is 14.4 Å². The van der Waals surface area contributed by atoms with Crippen molar-refractivity contribution in [2.24, 2.45) is 11.8 Å². The first-order valence-corrected chi connectivity index (χ1v) is 11.2. The van der Waals surface area contributed by atoms with Crippen LogP contribution in [0.3, 0.4) is 0 Å². The molecule has 3 heterocycles. The van der Waals surface area contributed by atoms with Gasteiger partial charge in [-0.1, -0.05) is 19.9 Å². The van der Waals surface area contributed by atoms with E-state index in [-0.39, 0.29) is 23.5 Å². The zero-order valence-electron chi connectivity index (χ0n) is 18.3. The molecular formula is C23H34N4O3. The molecule has 0 saturated carbocycles. The molecule has 1 atom stereocenters. The van der Waals surface area contributed by atoms with Gasteiger partial charge in [-0.15, -0.1) is 0 Å². The number of carbonyl (C=O) groups excluding carboxylic acids is 3. The first-order valence-electron chi connectivity index (χ1n) is 11.2. The van der Waals surface area contributed by atoms with Crippen LogP contribution in [0, 0.1) is 11.8 Å². The molecule has 164 valence electrons. The van der Waals surface area contributed by atoms with Gasteiger partial charge in [0.15, 0.2) is 0 Å². The summed E-state index contributed by atoms with van der Waals surface area (Å²) in [6.07, 6.45) is 5.31. The molecule has 2 fully saturated rings. The zero-order valence-corrected chi connectivity index (χ0v) is 18.3. The van der Waals surface area contributed by atoms with Crippen molar-refractivity contribution in [3.05, 3.63) is 24.4 Å². The second-order valence-corrected chi connectivity index (χ2v) is 8.88. The van der Waals surface area contributed by atoms with Crippen LogP contribution in [0.5, 0.6) is 0 Å². The topological polar surface area (TPSA) is 73.8 Å². The number of amides is 2. The molecule has 0 bridgehead atoms. The quantitative estimate of drug-likeness (QED) is 0.641. The maximum Gasteiger partial charge on any atom is 0.289 e. The van der Waals surface area contributed by atoms with Gasteiger partial charge in [0, 0.05) is 58.3 Å². The van der Waals surface area contributed by atoms with Gasteiger partial charge in [-0.25, -0.2) is 4.98 Å². The van der Waals surface area contributed by atoms with Crippen molar-refractivity contribution in [2.45, 2.75) is 46.0 Å². The van der Waals surface area contributed by atoms with E-state index in [2.05, 4.69) is 9.88 Å². The normalized spacial score (nSPS) is 19.8. The lowest BCUT2D eigenvalue weighted by Crippen LogP contribution is -2.49. The van der Waals surface area contributed by atoms with Crippen molar-refractivity contribution in [2.75, 3.05) is 44.2 Å². The summed E-state index contributed by atoms with van der Waals surface area (Å²) in [5.74, 6) is 1.02. The number of pyridine rings is 1. The highest BCUT2D eigenvalue weighted by atomic mass is 16.2. The van der Waals surface area contributed by atoms with Gasteiger partial charge in [-0.2, -0.15) is 0 Å². The SMILES string of the molecule is CC(C)CC(=O)C(=O)N1CCC[C@H](CCC(=O)N2CCN(c3ccccn3)CC2)C1. The minimum Gasteiger partial charge on any atom is -0.353 e. The zero-order chi connectivity index (χ0) is 21.5. The lowest BCUT2D eigenvalue weighted by atomic mass is 9.92. The minimum atomic E-state index is -0.342. The summed E-state index contributed by atoms with van der Waals surface area (Å²) >= 11 is 0. The predicted octanol–water partition coefficient (Wildman–Crippen LogP) is 2.36. The predicted molar refractivity (Wildman–Crippen MR) is 116 cm³/mol. The van der Waals surface area contributed by atoms with Gasteiger partial charge in [0.2, 0.25) is 11.7 Å². The third kappa shape index (κ3) is 6.03. The molecule has 0 unspecified atom stereocenters. The molecule has 0 spiro atoms. The van der Waals surface area contributed by atoms with Gasteiger partial charge < -0.3 is 14.7 Å². The highest BCUT2D eigenvalue weighted by molar-refractivity contribution is 6.36. The minimum absolute atomic E-state index is 0.190. The molecule has 7 nitrogen and oxygen atoms in total. The standard InChI is InChI=1S/C23H34N4O3/c1-18(2)16-20(28)23(30)27-11-5-6-19(17-27)8-9-22(29)26-14-12-25(13-15-26)21-7-3-4-10-24-21/h3-4,7,10,18-19H,5-6,8-9,11-17H2,1-2H3/t19-/m1/s1. The van der Waals surface area contributed by atoms with Crippen LogP contribution in [0.25, 0.3) is 0 Å². The van der Waals surface area contributed by atoms with Gasteiger partial charge in [0.05, 0.1) is 0 Å². The fourth-order valence-corrected chi connectivity index (χ4v) is 4.33. The van der Waals surface area contributed by atoms with Gasteiger partial charge in [-0.05, 0) is 43.2 Å². The van der Waals surface area contributed by atoms with Crippen LogP contribution in [0.2, 0.25) is 0 Å². The van der Waals surface area contributed by atoms with E-state index in [0.29, 0.717) is 44.9 Å². The molecule has 7 heteroatoms. The first-order chi connectivity index (χ1) is 14.4. The van der Waals surface area contributed by atoms with Gasteiger partial charge in [-0.3, -0.25) is 14.4 Å². The second-order valence-electron chi connectivity index (χ2n) is 8.88. The largest absolute Gasteiger partial charge is 0.353 e. The number of aromatic nitrogens is 1. The number of nitrogens with zero attached hydrogens (tertiary/aromatic N) is 4. The molecule has 0 N–H and O–H groups in total. The molecule has 0 aliphatic carbocycles. The van der Waals surface area contributed by atoms with Crippen molar-refractivity contribution in [1.82, 2.24) is 14.8 Å². The number of Topliss-reactive ketones (excluding diaryl/α,β-unsaturated/α-hetero) is 1. The van der Waals surface area contributed by atoms with Crippen LogP contribution in [0.15, 0.2) is 24.4 Å². The molecule has 1 aromatic rings. The summed E-state index contributed by atoms with van der Waals surface area (Å²) in [6, 6.07) is 5.89. The van der Waals surface area contributed by atoms with E-state index < -0.39 is 0 Å². The number of hydrogen-bond donors (Lipinski definition) is 0. The van der Waals surface area contributed by atoms with E-state index in [0.717, 1.165) is 38.2 Å². The summed E-state index contributed by atoms with van der Waals surface area (Å²) in [6.45, 7) is 8.19. The third-order valence-electron chi connectivity index (χ3n) is 6.01. The summed E-state index contributed by atoms with van der Waals surface area (Å²) in [5, 5.41) is 0. The Bertz CT molecular complexity index is 729. The number of likely N-dealkylation sites (tertiary alicyclic amines) is 1. The van der Waals surface area contributed by atoms with Crippen LogP contribution in [0.4, 0.5) is 5.82 Å². The van der Waals surface area contributed by atoms with Gasteiger partial charge in [0.25, 0.3) is 5.91 Å². The summed E-state index contributed by atoms with van der Waals surface area (Å²) < 4.78 is 0. The van der Waals surface area contributed by atoms with Crippen molar-refractivity contribution < 1.29 is 14.4 Å². The first kappa shape index (κ1) is 22.2. The van der Waals surface area contributed by atoms with Crippen molar-refractivity contribution in [3.63, 3.8) is 0 Å². The summed E-state index contributed by atoms with van der Waals surface area (Å²) in [7, 11) is 0. The number of hydrogen-bond acceptors (Lipinski definition) is 5. The molecule has 30 heavy (non-hydrogen) atoms. The average Bonchev–Trinajstić information content (AvgIpc) is 2.77. The maximum atomic E-state index is 12.7. The number of rotatable bonds is 7. The maximum absolute atomic E-state index is 12.7. The monoisotopic (exact) mass is 414 g/mol. The Kier molecular flexibility index (Phi) is 7.82. The average molecular weight is 415 g/mol. The highest BCUT2D eigenvalue weighted by Gasteiger charge is 2.29. The number of carbonyl (C=O) groups is 3. The molecule has 3 rings (SSSR count). The lowest BCUT2D eigenvalue weighted by molar-refractivity contribution is -0.146. The molecule has 2 aliphatic heterocycles. The Labute approximate surface area is 179 Å². The van der Waals surface area contributed by atoms with Crippen LogP contribution >= 0.6 is 0 Å². The number of ketones is 1. The van der Waals surface area contributed by atoms with Crippen molar-refractivity contribution >= 4 is 23.4 Å².